The first-order chi connectivity index (χ1) is 8.63. The number of para-hydroxylation sites is 1. The number of sulfonamides is 1. The molecule has 100 valence electrons. The number of nitrogens with zero attached hydrogens (tertiary/aromatic N) is 2. The van der Waals surface area contributed by atoms with Crippen LogP contribution in [0.3, 0.4) is 0 Å². The van der Waals surface area contributed by atoms with Crippen molar-refractivity contribution >= 4 is 27.3 Å². The number of hydrogen-bond donors (Lipinski definition) is 0. The highest BCUT2D eigenvalue weighted by molar-refractivity contribution is 7.89. The van der Waals surface area contributed by atoms with Gasteiger partial charge in [0.05, 0.1) is 5.75 Å². The van der Waals surface area contributed by atoms with E-state index < -0.39 is 10.0 Å². The predicted molar refractivity (Wildman–Crippen MR) is 74.7 cm³/mol. The molecule has 0 N–H and O–H groups in total. The second kappa shape index (κ2) is 5.91. The SMILES string of the molecule is O=S(=O)(CCCl)N1CCN(c2ccccc2)CC1. The standard InChI is InChI=1S/C12H17ClN2O2S/c13-6-11-18(16,17)15-9-7-14(8-10-15)12-4-2-1-3-5-12/h1-5H,6-11H2. The summed E-state index contributed by atoms with van der Waals surface area (Å²) in [7, 11) is -3.16. The Hall–Kier alpha value is -0.780. The van der Waals surface area contributed by atoms with Crippen LogP contribution >= 0.6 is 11.6 Å². The first-order valence-electron chi connectivity index (χ1n) is 5.97. The summed E-state index contributed by atoms with van der Waals surface area (Å²) in [6.07, 6.45) is 0. The van der Waals surface area contributed by atoms with E-state index in [-0.39, 0.29) is 11.6 Å². The van der Waals surface area contributed by atoms with Crippen LogP contribution in [0.5, 0.6) is 0 Å². The first kappa shape index (κ1) is 13.6. The van der Waals surface area contributed by atoms with Gasteiger partial charge in [0.1, 0.15) is 0 Å². The van der Waals surface area contributed by atoms with E-state index in [1.54, 1.807) is 0 Å². The number of alkyl halides is 1. The van der Waals surface area contributed by atoms with Gasteiger partial charge >= 0.3 is 0 Å². The summed E-state index contributed by atoms with van der Waals surface area (Å²) >= 11 is 5.51. The molecule has 1 aliphatic rings. The Balaban J connectivity index is 1.97. The first-order valence-corrected chi connectivity index (χ1v) is 8.11. The topological polar surface area (TPSA) is 40.6 Å². The second-order valence-corrected chi connectivity index (χ2v) is 6.69. The molecule has 1 fully saturated rings. The number of hydrogen-bond acceptors (Lipinski definition) is 3. The highest BCUT2D eigenvalue weighted by Gasteiger charge is 2.26. The third-order valence-corrected chi connectivity index (χ3v) is 5.37. The average molecular weight is 289 g/mol. The van der Waals surface area contributed by atoms with E-state index in [4.69, 9.17) is 11.6 Å². The third kappa shape index (κ3) is 3.16. The van der Waals surface area contributed by atoms with Crippen LogP contribution in [0.1, 0.15) is 0 Å². The lowest BCUT2D eigenvalue weighted by atomic mass is 10.2. The van der Waals surface area contributed by atoms with Gasteiger partial charge in [0, 0.05) is 37.7 Å². The maximum atomic E-state index is 11.9. The van der Waals surface area contributed by atoms with Crippen molar-refractivity contribution in [3.05, 3.63) is 30.3 Å². The number of rotatable bonds is 4. The summed E-state index contributed by atoms with van der Waals surface area (Å²) in [5.74, 6) is 0.182. The maximum Gasteiger partial charge on any atom is 0.215 e. The lowest BCUT2D eigenvalue weighted by Crippen LogP contribution is -2.49. The molecule has 0 aromatic heterocycles. The van der Waals surface area contributed by atoms with E-state index in [0.717, 1.165) is 18.8 Å². The van der Waals surface area contributed by atoms with Gasteiger partial charge in [-0.25, -0.2) is 8.42 Å². The molecule has 18 heavy (non-hydrogen) atoms. The van der Waals surface area contributed by atoms with Gasteiger partial charge in [-0.2, -0.15) is 4.31 Å². The molecule has 1 aromatic rings. The number of anilines is 1. The minimum absolute atomic E-state index is 0.0277. The van der Waals surface area contributed by atoms with Crippen molar-refractivity contribution < 1.29 is 8.42 Å². The van der Waals surface area contributed by atoms with Crippen LogP contribution in [-0.2, 0) is 10.0 Å². The Morgan fingerprint density at radius 1 is 1.06 bits per heavy atom. The van der Waals surface area contributed by atoms with Gasteiger partial charge in [-0.3, -0.25) is 0 Å². The molecule has 4 nitrogen and oxygen atoms in total. The zero-order valence-corrected chi connectivity index (χ0v) is 11.7. The number of benzene rings is 1. The molecule has 6 heteroatoms. The molecule has 0 atom stereocenters. The predicted octanol–water partition coefficient (Wildman–Crippen LogP) is 1.38. The Labute approximate surface area is 113 Å². The van der Waals surface area contributed by atoms with Crippen molar-refractivity contribution in [1.29, 1.82) is 0 Å². The smallest absolute Gasteiger partial charge is 0.215 e. The van der Waals surface area contributed by atoms with E-state index in [9.17, 15) is 8.42 Å². The fraction of sp³-hybridized carbons (Fsp3) is 0.500. The van der Waals surface area contributed by atoms with Crippen LogP contribution in [-0.4, -0.2) is 50.5 Å². The largest absolute Gasteiger partial charge is 0.369 e. The molecule has 0 spiro atoms. The third-order valence-electron chi connectivity index (χ3n) is 3.09. The van der Waals surface area contributed by atoms with Crippen molar-refractivity contribution in [2.75, 3.05) is 42.7 Å². The van der Waals surface area contributed by atoms with Gasteiger partial charge in [-0.15, -0.1) is 11.6 Å². The Kier molecular flexibility index (Phi) is 4.48. The number of piperazine rings is 1. The van der Waals surface area contributed by atoms with Crippen LogP contribution in [0.4, 0.5) is 5.69 Å². The van der Waals surface area contributed by atoms with E-state index in [2.05, 4.69) is 4.90 Å². The van der Waals surface area contributed by atoms with Gasteiger partial charge in [0.25, 0.3) is 0 Å². The van der Waals surface area contributed by atoms with Gasteiger partial charge < -0.3 is 4.90 Å². The summed E-state index contributed by atoms with van der Waals surface area (Å²) in [5, 5.41) is 0. The molecular weight excluding hydrogens is 272 g/mol. The van der Waals surface area contributed by atoms with Crippen molar-refractivity contribution in [2.45, 2.75) is 0 Å². The molecule has 2 rings (SSSR count). The van der Waals surface area contributed by atoms with Crippen molar-refractivity contribution in [1.82, 2.24) is 4.31 Å². The lowest BCUT2D eigenvalue weighted by molar-refractivity contribution is 0.385. The van der Waals surface area contributed by atoms with Crippen molar-refractivity contribution in [2.24, 2.45) is 0 Å². The second-order valence-electron chi connectivity index (χ2n) is 4.23. The quantitative estimate of drug-likeness (QED) is 0.786. The Morgan fingerprint density at radius 2 is 1.67 bits per heavy atom. The molecule has 1 saturated heterocycles. The zero-order valence-electron chi connectivity index (χ0n) is 10.1. The normalized spacial score (nSPS) is 17.9. The van der Waals surface area contributed by atoms with Crippen LogP contribution in [0.2, 0.25) is 0 Å². The minimum atomic E-state index is -3.16. The molecule has 0 unspecified atom stereocenters. The monoisotopic (exact) mass is 288 g/mol. The zero-order chi connectivity index (χ0) is 13.0. The number of halogens is 1. The van der Waals surface area contributed by atoms with E-state index in [0.29, 0.717) is 13.1 Å². The fourth-order valence-corrected chi connectivity index (χ4v) is 3.85. The summed E-state index contributed by atoms with van der Waals surface area (Å²) in [6, 6.07) is 10.1. The summed E-state index contributed by atoms with van der Waals surface area (Å²) in [5.41, 5.74) is 1.15. The van der Waals surface area contributed by atoms with Gasteiger partial charge in [0.15, 0.2) is 0 Å². The molecule has 0 amide bonds. The highest BCUT2D eigenvalue weighted by atomic mass is 35.5. The molecule has 1 aliphatic heterocycles. The fourth-order valence-electron chi connectivity index (χ4n) is 2.09. The van der Waals surface area contributed by atoms with Crippen molar-refractivity contribution in [3.8, 4) is 0 Å². The van der Waals surface area contributed by atoms with Crippen LogP contribution < -0.4 is 4.90 Å². The lowest BCUT2D eigenvalue weighted by Gasteiger charge is -2.35. The van der Waals surface area contributed by atoms with E-state index >= 15 is 0 Å². The molecule has 0 aliphatic carbocycles. The summed E-state index contributed by atoms with van der Waals surface area (Å²) in [4.78, 5) is 2.20. The van der Waals surface area contributed by atoms with Crippen molar-refractivity contribution in [3.63, 3.8) is 0 Å². The molecule has 0 saturated carbocycles. The van der Waals surface area contributed by atoms with Crippen LogP contribution in [0.25, 0.3) is 0 Å². The average Bonchev–Trinajstić information content (AvgIpc) is 2.40. The highest BCUT2D eigenvalue weighted by Crippen LogP contribution is 2.17. The molecule has 1 aromatic carbocycles. The Bertz CT molecular complexity index is 470. The maximum absolute atomic E-state index is 11.9. The molecule has 1 heterocycles. The molecular formula is C12H17ClN2O2S. The van der Waals surface area contributed by atoms with Crippen LogP contribution in [0, 0.1) is 0 Å². The summed E-state index contributed by atoms with van der Waals surface area (Å²) < 4.78 is 25.2. The van der Waals surface area contributed by atoms with E-state index in [1.807, 2.05) is 30.3 Å². The van der Waals surface area contributed by atoms with E-state index in [1.165, 1.54) is 4.31 Å². The van der Waals surface area contributed by atoms with Gasteiger partial charge in [-0.1, -0.05) is 18.2 Å². The van der Waals surface area contributed by atoms with Gasteiger partial charge in [-0.05, 0) is 12.1 Å². The molecule has 0 bridgehead atoms. The minimum Gasteiger partial charge on any atom is -0.369 e. The Morgan fingerprint density at radius 3 is 2.22 bits per heavy atom. The van der Waals surface area contributed by atoms with Gasteiger partial charge in [0.2, 0.25) is 10.0 Å². The van der Waals surface area contributed by atoms with Crippen LogP contribution in [0.15, 0.2) is 30.3 Å². The summed E-state index contributed by atoms with van der Waals surface area (Å²) in [6.45, 7) is 2.53. The molecule has 0 radical (unpaired) electrons.